The quantitative estimate of drug-likeness (QED) is 0.777. The average molecular weight is 338 g/mol. The van der Waals surface area contributed by atoms with Crippen LogP contribution in [-0.4, -0.2) is 38.6 Å². The van der Waals surface area contributed by atoms with Crippen molar-refractivity contribution < 1.29 is 14.3 Å². The van der Waals surface area contributed by atoms with Gasteiger partial charge < -0.3 is 14.4 Å². The van der Waals surface area contributed by atoms with E-state index in [9.17, 15) is 4.79 Å². The number of methoxy groups -OCH3 is 2. The van der Waals surface area contributed by atoms with Crippen molar-refractivity contribution in [2.75, 3.05) is 27.8 Å². The molecule has 130 valence electrons. The summed E-state index contributed by atoms with van der Waals surface area (Å²) in [6.45, 7) is 0.629. The summed E-state index contributed by atoms with van der Waals surface area (Å²) in [4.78, 5) is 14.1. The van der Waals surface area contributed by atoms with Gasteiger partial charge in [0.1, 0.15) is 0 Å². The van der Waals surface area contributed by atoms with Gasteiger partial charge in [-0.15, -0.1) is 0 Å². The number of benzene rings is 2. The Bertz CT molecular complexity index is 781. The molecule has 0 atom stereocenters. The number of hydrogen-bond acceptors (Lipinski definition) is 4. The van der Waals surface area contributed by atoms with Gasteiger partial charge in [-0.2, -0.15) is 5.26 Å². The Morgan fingerprint density at radius 1 is 1.12 bits per heavy atom. The summed E-state index contributed by atoms with van der Waals surface area (Å²) in [5, 5.41) is 8.94. The van der Waals surface area contributed by atoms with Crippen LogP contribution in [0, 0.1) is 11.3 Å². The van der Waals surface area contributed by atoms with Crippen molar-refractivity contribution in [2.24, 2.45) is 0 Å². The number of hydrogen-bond donors (Lipinski definition) is 0. The topological polar surface area (TPSA) is 62.6 Å². The predicted octanol–water partition coefficient (Wildman–Crippen LogP) is 3.28. The first-order valence-electron chi connectivity index (χ1n) is 8.05. The third-order valence-electron chi connectivity index (χ3n) is 3.99. The largest absolute Gasteiger partial charge is 0.493 e. The van der Waals surface area contributed by atoms with Crippen molar-refractivity contribution in [3.63, 3.8) is 0 Å². The van der Waals surface area contributed by atoms with Crippen molar-refractivity contribution in [3.8, 4) is 17.6 Å². The fourth-order valence-electron chi connectivity index (χ4n) is 2.60. The lowest BCUT2D eigenvalue weighted by atomic mass is 10.1. The minimum atomic E-state index is -0.0792. The van der Waals surface area contributed by atoms with Crippen molar-refractivity contribution in [1.82, 2.24) is 4.90 Å². The lowest BCUT2D eigenvalue weighted by Gasteiger charge is -2.17. The van der Waals surface area contributed by atoms with Crippen LogP contribution in [-0.2, 0) is 6.42 Å². The zero-order chi connectivity index (χ0) is 18.2. The van der Waals surface area contributed by atoms with Gasteiger partial charge in [-0.25, -0.2) is 0 Å². The molecule has 0 radical (unpaired) electrons. The normalized spacial score (nSPS) is 10.0. The summed E-state index contributed by atoms with van der Waals surface area (Å²) in [6.07, 6.45) is 1.66. The molecule has 0 aliphatic carbocycles. The highest BCUT2D eigenvalue weighted by Crippen LogP contribution is 2.27. The van der Waals surface area contributed by atoms with E-state index in [-0.39, 0.29) is 5.91 Å². The maximum atomic E-state index is 12.4. The Kier molecular flexibility index (Phi) is 6.41. The third-order valence-corrected chi connectivity index (χ3v) is 3.99. The second kappa shape index (κ2) is 8.74. The molecule has 5 nitrogen and oxygen atoms in total. The monoisotopic (exact) mass is 338 g/mol. The molecular formula is C20H22N2O3. The number of aryl methyl sites for hydroxylation is 1. The number of carbonyl (C=O) groups is 1. The van der Waals surface area contributed by atoms with Gasteiger partial charge in [-0.1, -0.05) is 12.1 Å². The van der Waals surface area contributed by atoms with Gasteiger partial charge >= 0.3 is 0 Å². The van der Waals surface area contributed by atoms with Crippen LogP contribution >= 0.6 is 0 Å². The van der Waals surface area contributed by atoms with E-state index in [2.05, 4.69) is 6.07 Å². The smallest absolute Gasteiger partial charge is 0.253 e. The first kappa shape index (κ1) is 18.3. The molecule has 0 saturated carbocycles. The summed E-state index contributed by atoms with van der Waals surface area (Å²) in [5.74, 6) is 1.33. The zero-order valence-corrected chi connectivity index (χ0v) is 14.8. The van der Waals surface area contributed by atoms with Crippen LogP contribution in [0.5, 0.6) is 11.5 Å². The lowest BCUT2D eigenvalue weighted by molar-refractivity contribution is 0.0793. The van der Waals surface area contributed by atoms with Gasteiger partial charge in [0.25, 0.3) is 5.91 Å². The van der Waals surface area contributed by atoms with Crippen LogP contribution in [0.3, 0.4) is 0 Å². The van der Waals surface area contributed by atoms with Crippen molar-refractivity contribution in [2.45, 2.75) is 12.8 Å². The van der Waals surface area contributed by atoms with Crippen LogP contribution in [0.15, 0.2) is 42.5 Å². The molecule has 0 aromatic heterocycles. The van der Waals surface area contributed by atoms with Gasteiger partial charge in [-0.3, -0.25) is 4.79 Å². The molecule has 0 aliphatic rings. The molecule has 2 rings (SSSR count). The maximum Gasteiger partial charge on any atom is 0.253 e. The van der Waals surface area contributed by atoms with E-state index in [1.54, 1.807) is 50.4 Å². The molecule has 5 heteroatoms. The Hall–Kier alpha value is -3.00. The highest BCUT2D eigenvalue weighted by Gasteiger charge is 2.12. The van der Waals surface area contributed by atoms with Crippen molar-refractivity contribution in [3.05, 3.63) is 59.2 Å². The molecule has 0 aliphatic heterocycles. The van der Waals surface area contributed by atoms with Crippen molar-refractivity contribution in [1.29, 1.82) is 5.26 Å². The Morgan fingerprint density at radius 3 is 2.56 bits per heavy atom. The van der Waals surface area contributed by atoms with Gasteiger partial charge in [0, 0.05) is 19.2 Å². The van der Waals surface area contributed by atoms with Gasteiger partial charge in [0.2, 0.25) is 0 Å². The SMILES string of the molecule is COc1ccc(CCCN(C)C(=O)c2cccc(C#N)c2)cc1OC. The number of nitriles is 1. The molecule has 0 fully saturated rings. The summed E-state index contributed by atoms with van der Waals surface area (Å²) in [5.41, 5.74) is 2.15. The van der Waals surface area contributed by atoms with Crippen LogP contribution in [0.4, 0.5) is 0 Å². The average Bonchev–Trinajstić information content (AvgIpc) is 2.67. The summed E-state index contributed by atoms with van der Waals surface area (Å²) < 4.78 is 10.5. The van der Waals surface area contributed by atoms with E-state index >= 15 is 0 Å². The minimum Gasteiger partial charge on any atom is -0.493 e. The molecular weight excluding hydrogens is 316 g/mol. The second-order valence-corrected chi connectivity index (χ2v) is 5.71. The van der Waals surface area contributed by atoms with Crippen LogP contribution < -0.4 is 9.47 Å². The van der Waals surface area contributed by atoms with Crippen LogP contribution in [0.25, 0.3) is 0 Å². The molecule has 0 N–H and O–H groups in total. The lowest BCUT2D eigenvalue weighted by Crippen LogP contribution is -2.28. The molecule has 0 spiro atoms. The number of amides is 1. The molecule has 0 heterocycles. The number of ether oxygens (including phenoxy) is 2. The number of carbonyl (C=O) groups excluding carboxylic acids is 1. The standard InChI is InChI=1S/C20H22N2O3/c1-22(20(23)17-8-4-6-16(12-17)14-21)11-5-7-15-9-10-18(24-2)19(13-15)25-3/h4,6,8-10,12-13H,5,7,11H2,1-3H3. The maximum absolute atomic E-state index is 12.4. The number of rotatable bonds is 7. The first-order valence-corrected chi connectivity index (χ1v) is 8.05. The highest BCUT2D eigenvalue weighted by atomic mass is 16.5. The zero-order valence-electron chi connectivity index (χ0n) is 14.8. The first-order chi connectivity index (χ1) is 12.1. The predicted molar refractivity (Wildman–Crippen MR) is 96.0 cm³/mol. The van der Waals surface area contributed by atoms with Crippen LogP contribution in [0.1, 0.15) is 27.9 Å². The molecule has 0 bridgehead atoms. The third kappa shape index (κ3) is 4.74. The van der Waals surface area contributed by atoms with Crippen LogP contribution in [0.2, 0.25) is 0 Å². The van der Waals surface area contributed by atoms with E-state index in [0.29, 0.717) is 29.2 Å². The molecule has 0 unspecified atom stereocenters. The van der Waals surface area contributed by atoms with E-state index in [4.69, 9.17) is 14.7 Å². The van der Waals surface area contributed by atoms with Gasteiger partial charge in [-0.05, 0) is 48.7 Å². The van der Waals surface area contributed by atoms with E-state index < -0.39 is 0 Å². The molecule has 25 heavy (non-hydrogen) atoms. The molecule has 1 amide bonds. The summed E-state index contributed by atoms with van der Waals surface area (Å²) in [7, 11) is 5.00. The minimum absolute atomic E-state index is 0.0792. The molecule has 0 saturated heterocycles. The van der Waals surface area contributed by atoms with E-state index in [1.807, 2.05) is 18.2 Å². The van der Waals surface area contributed by atoms with Crippen molar-refractivity contribution >= 4 is 5.91 Å². The molecule has 2 aromatic rings. The Morgan fingerprint density at radius 2 is 1.88 bits per heavy atom. The summed E-state index contributed by atoms with van der Waals surface area (Å²) in [6, 6.07) is 14.7. The number of nitrogens with zero attached hydrogens (tertiary/aromatic N) is 2. The summed E-state index contributed by atoms with van der Waals surface area (Å²) >= 11 is 0. The fourth-order valence-corrected chi connectivity index (χ4v) is 2.60. The molecule has 2 aromatic carbocycles. The van der Waals surface area contributed by atoms with Gasteiger partial charge in [0.05, 0.1) is 25.9 Å². The van der Waals surface area contributed by atoms with E-state index in [1.165, 1.54) is 0 Å². The Balaban J connectivity index is 1.92. The Labute approximate surface area is 148 Å². The second-order valence-electron chi connectivity index (χ2n) is 5.71. The fraction of sp³-hybridized carbons (Fsp3) is 0.300. The van der Waals surface area contributed by atoms with E-state index in [0.717, 1.165) is 18.4 Å². The highest BCUT2D eigenvalue weighted by molar-refractivity contribution is 5.94. The van der Waals surface area contributed by atoms with Gasteiger partial charge in [0.15, 0.2) is 11.5 Å².